The van der Waals surface area contributed by atoms with Gasteiger partial charge in [-0.1, -0.05) is 97.6 Å². The highest BCUT2D eigenvalue weighted by atomic mass is 28.4. The fraction of sp³-hybridized carbons (Fsp3) is 0.767. The van der Waals surface area contributed by atoms with Crippen molar-refractivity contribution < 1.29 is 14.0 Å². The topological polar surface area (TPSA) is 35.5 Å². The van der Waals surface area contributed by atoms with Crippen molar-refractivity contribution >= 4 is 14.3 Å². The molecule has 0 unspecified atom stereocenters. The maximum atomic E-state index is 12.6. The molecule has 1 aliphatic carbocycles. The van der Waals surface area contributed by atoms with Crippen molar-refractivity contribution in [1.82, 2.24) is 0 Å². The predicted octanol–water partition coefficient (Wildman–Crippen LogP) is 9.56. The van der Waals surface area contributed by atoms with E-state index >= 15 is 0 Å². The van der Waals surface area contributed by atoms with Crippen LogP contribution in [0.1, 0.15) is 129 Å². The summed E-state index contributed by atoms with van der Waals surface area (Å²) in [6, 6.07) is 8.58. The van der Waals surface area contributed by atoms with Gasteiger partial charge in [0.1, 0.15) is 11.9 Å². The molecule has 0 bridgehead atoms. The van der Waals surface area contributed by atoms with Gasteiger partial charge in [-0.2, -0.15) is 0 Å². The van der Waals surface area contributed by atoms with Crippen LogP contribution < -0.4 is 4.43 Å². The number of esters is 1. The maximum Gasteiger partial charge on any atom is 0.306 e. The van der Waals surface area contributed by atoms with Gasteiger partial charge in [0.2, 0.25) is 8.32 Å². The minimum absolute atomic E-state index is 0.00272. The highest BCUT2D eigenvalue weighted by molar-refractivity contribution is 6.74. The summed E-state index contributed by atoms with van der Waals surface area (Å²) in [5.74, 6) is 1.24. The third kappa shape index (κ3) is 9.75. The Labute approximate surface area is 211 Å². The van der Waals surface area contributed by atoms with Gasteiger partial charge in [-0.05, 0) is 61.5 Å². The SMILES string of the molecule is CCCCCCCCCCCC(=O)O[C@H]1CCCC[C@@H]1c1cccc(O[Si](C)(C)C(C)(C)C)c1. The van der Waals surface area contributed by atoms with E-state index in [1.807, 2.05) is 0 Å². The Kier molecular flexibility index (Phi) is 12.2. The van der Waals surface area contributed by atoms with E-state index < -0.39 is 8.32 Å². The molecule has 0 aliphatic heterocycles. The lowest BCUT2D eigenvalue weighted by molar-refractivity contribution is -0.151. The molecule has 1 aliphatic rings. The molecule has 2 atom stereocenters. The molecule has 1 fully saturated rings. The Morgan fingerprint density at radius 3 is 2.21 bits per heavy atom. The van der Waals surface area contributed by atoms with E-state index in [1.54, 1.807) is 0 Å². The molecule has 3 nitrogen and oxygen atoms in total. The highest BCUT2D eigenvalue weighted by Gasteiger charge is 2.39. The summed E-state index contributed by atoms with van der Waals surface area (Å²) < 4.78 is 12.6. The molecule has 0 spiro atoms. The summed E-state index contributed by atoms with van der Waals surface area (Å²) in [4.78, 5) is 12.6. The number of rotatable bonds is 14. The molecule has 0 saturated heterocycles. The second kappa shape index (κ2) is 14.3. The molecule has 0 N–H and O–H groups in total. The van der Waals surface area contributed by atoms with Gasteiger partial charge in [0, 0.05) is 12.3 Å². The Hall–Kier alpha value is -1.29. The van der Waals surface area contributed by atoms with Crippen molar-refractivity contribution in [3.05, 3.63) is 29.8 Å². The monoisotopic (exact) mass is 488 g/mol. The Balaban J connectivity index is 1.83. The molecule has 1 aromatic carbocycles. The molecule has 194 valence electrons. The summed E-state index contributed by atoms with van der Waals surface area (Å²) in [6.07, 6.45) is 16.4. The number of ether oxygens (including phenoxy) is 1. The lowest BCUT2D eigenvalue weighted by Gasteiger charge is -2.37. The number of carbonyl (C=O) groups is 1. The van der Waals surface area contributed by atoms with Crippen LogP contribution in [0.2, 0.25) is 18.1 Å². The standard InChI is InChI=1S/C30H52O3Si/c1-7-8-9-10-11-12-13-14-15-23-29(31)32-28-22-17-16-21-27(28)25-19-18-20-26(24-25)33-34(5,6)30(2,3)4/h18-20,24,27-28H,7-17,21-23H2,1-6H3/t27-,28+/m1/s1. The molecular formula is C30H52O3Si. The minimum atomic E-state index is -1.88. The van der Waals surface area contributed by atoms with Crippen molar-refractivity contribution in [3.8, 4) is 5.75 Å². The van der Waals surface area contributed by atoms with Crippen LogP contribution in [0.3, 0.4) is 0 Å². The Morgan fingerprint density at radius 2 is 1.56 bits per heavy atom. The first-order valence-corrected chi connectivity index (χ1v) is 17.0. The van der Waals surface area contributed by atoms with Gasteiger partial charge in [0.05, 0.1) is 0 Å². The summed E-state index contributed by atoms with van der Waals surface area (Å²) in [5, 5.41) is 0.168. The summed E-state index contributed by atoms with van der Waals surface area (Å²) in [6.45, 7) is 13.7. The molecule has 0 radical (unpaired) electrons. The van der Waals surface area contributed by atoms with Crippen molar-refractivity contribution in [2.45, 2.75) is 148 Å². The van der Waals surface area contributed by atoms with E-state index in [-0.39, 0.29) is 23.0 Å². The zero-order chi connectivity index (χ0) is 25.0. The average molecular weight is 489 g/mol. The molecule has 2 rings (SSSR count). The van der Waals surface area contributed by atoms with E-state index in [1.165, 1.54) is 56.9 Å². The first-order chi connectivity index (χ1) is 16.1. The van der Waals surface area contributed by atoms with Gasteiger partial charge in [-0.15, -0.1) is 0 Å². The Morgan fingerprint density at radius 1 is 0.941 bits per heavy atom. The van der Waals surface area contributed by atoms with Gasteiger partial charge in [-0.3, -0.25) is 4.79 Å². The third-order valence-corrected chi connectivity index (χ3v) is 12.3. The summed E-state index contributed by atoms with van der Waals surface area (Å²) >= 11 is 0. The van der Waals surface area contributed by atoms with Gasteiger partial charge in [-0.25, -0.2) is 0 Å². The van der Waals surface area contributed by atoms with Crippen LogP contribution in [0.15, 0.2) is 24.3 Å². The zero-order valence-corrected chi connectivity index (χ0v) is 24.1. The second-order valence-electron chi connectivity index (χ2n) is 11.9. The molecule has 1 saturated carbocycles. The molecule has 4 heteroatoms. The van der Waals surface area contributed by atoms with Crippen LogP contribution in [0.25, 0.3) is 0 Å². The van der Waals surface area contributed by atoms with Crippen molar-refractivity contribution in [1.29, 1.82) is 0 Å². The number of carbonyl (C=O) groups excluding carboxylic acids is 1. The van der Waals surface area contributed by atoms with Crippen molar-refractivity contribution in [3.63, 3.8) is 0 Å². The summed E-state index contributed by atoms with van der Waals surface area (Å²) in [7, 11) is -1.88. The minimum Gasteiger partial charge on any atom is -0.543 e. The smallest absolute Gasteiger partial charge is 0.306 e. The van der Waals surface area contributed by atoms with Crippen molar-refractivity contribution in [2.75, 3.05) is 0 Å². The lowest BCUT2D eigenvalue weighted by Crippen LogP contribution is -2.43. The zero-order valence-electron chi connectivity index (χ0n) is 23.1. The Bertz CT molecular complexity index is 722. The van der Waals surface area contributed by atoms with Crippen molar-refractivity contribution in [2.24, 2.45) is 0 Å². The number of benzene rings is 1. The highest BCUT2D eigenvalue weighted by Crippen LogP contribution is 2.40. The van der Waals surface area contributed by atoms with Crippen LogP contribution in [-0.2, 0) is 9.53 Å². The van der Waals surface area contributed by atoms with Gasteiger partial charge in [0.25, 0.3) is 0 Å². The van der Waals surface area contributed by atoms with Gasteiger partial charge in [0.15, 0.2) is 0 Å². The molecule has 0 heterocycles. The fourth-order valence-electron chi connectivity index (χ4n) is 4.68. The first kappa shape index (κ1) is 28.9. The van der Waals surface area contributed by atoms with Crippen LogP contribution >= 0.6 is 0 Å². The van der Waals surface area contributed by atoms with Crippen LogP contribution in [0, 0.1) is 0 Å². The van der Waals surface area contributed by atoms with Crippen LogP contribution in [0.5, 0.6) is 5.75 Å². The van der Waals surface area contributed by atoms with E-state index in [0.717, 1.165) is 37.9 Å². The average Bonchev–Trinajstić information content (AvgIpc) is 2.77. The fourth-order valence-corrected chi connectivity index (χ4v) is 5.71. The first-order valence-electron chi connectivity index (χ1n) is 14.1. The van der Waals surface area contributed by atoms with E-state index in [0.29, 0.717) is 6.42 Å². The normalized spacial score (nSPS) is 19.1. The molecule has 0 aromatic heterocycles. The third-order valence-electron chi connectivity index (χ3n) is 7.94. The van der Waals surface area contributed by atoms with E-state index in [4.69, 9.17) is 9.16 Å². The van der Waals surface area contributed by atoms with E-state index in [9.17, 15) is 4.79 Å². The van der Waals surface area contributed by atoms with E-state index in [2.05, 4.69) is 65.1 Å². The largest absolute Gasteiger partial charge is 0.543 e. The molecule has 0 amide bonds. The van der Waals surface area contributed by atoms with Crippen LogP contribution in [-0.4, -0.2) is 20.4 Å². The molecular weight excluding hydrogens is 436 g/mol. The quantitative estimate of drug-likeness (QED) is 0.148. The molecule has 1 aromatic rings. The number of hydrogen-bond donors (Lipinski definition) is 0. The van der Waals surface area contributed by atoms with Crippen LogP contribution in [0.4, 0.5) is 0 Å². The van der Waals surface area contributed by atoms with Gasteiger partial charge < -0.3 is 9.16 Å². The predicted molar refractivity (Wildman–Crippen MR) is 147 cm³/mol. The second-order valence-corrected chi connectivity index (χ2v) is 16.7. The van der Waals surface area contributed by atoms with Gasteiger partial charge >= 0.3 is 5.97 Å². The summed E-state index contributed by atoms with van der Waals surface area (Å²) in [5.41, 5.74) is 1.26. The molecule has 34 heavy (non-hydrogen) atoms. The number of hydrogen-bond acceptors (Lipinski definition) is 3. The lowest BCUT2D eigenvalue weighted by atomic mass is 9.81. The maximum absolute atomic E-state index is 12.6. The number of unbranched alkanes of at least 4 members (excludes halogenated alkanes) is 8.